The minimum absolute atomic E-state index is 0.0798. The van der Waals surface area contributed by atoms with E-state index in [1.807, 2.05) is 25.1 Å². The Labute approximate surface area is 192 Å². The molecule has 10 heteroatoms. The Bertz CT molecular complexity index is 1100. The van der Waals surface area contributed by atoms with E-state index in [0.717, 1.165) is 5.56 Å². The van der Waals surface area contributed by atoms with E-state index in [1.165, 1.54) is 16.4 Å². The second-order valence-corrected chi connectivity index (χ2v) is 9.95. The van der Waals surface area contributed by atoms with Crippen LogP contribution in [0.2, 0.25) is 5.02 Å². The largest absolute Gasteiger partial charge is 0.492 e. The van der Waals surface area contributed by atoms with Gasteiger partial charge in [0.05, 0.1) is 16.5 Å². The number of nitrogens with one attached hydrogen (secondary N) is 1. The molecule has 172 valence electrons. The first kappa shape index (κ1) is 22.7. The van der Waals surface area contributed by atoms with Gasteiger partial charge >= 0.3 is 0 Å². The smallest absolute Gasteiger partial charge is 0.243 e. The van der Waals surface area contributed by atoms with Crippen LogP contribution in [0, 0.1) is 5.92 Å². The molecule has 0 radical (unpaired) electrons. The van der Waals surface area contributed by atoms with Crippen molar-refractivity contribution >= 4 is 27.5 Å². The molecule has 2 aromatic rings. The minimum Gasteiger partial charge on any atom is -0.492 e. The van der Waals surface area contributed by atoms with Crippen molar-refractivity contribution in [3.05, 3.63) is 47.0 Å². The van der Waals surface area contributed by atoms with Crippen LogP contribution in [0.25, 0.3) is 0 Å². The Morgan fingerprint density at radius 2 is 1.91 bits per heavy atom. The Morgan fingerprint density at radius 3 is 2.62 bits per heavy atom. The first-order valence-corrected chi connectivity index (χ1v) is 12.3. The zero-order valence-electron chi connectivity index (χ0n) is 17.7. The zero-order chi connectivity index (χ0) is 22.7. The fourth-order valence-electron chi connectivity index (χ4n) is 3.81. The topological polar surface area (TPSA) is 94.2 Å². The Kier molecular flexibility index (Phi) is 6.78. The molecule has 1 amide bonds. The number of benzene rings is 2. The normalized spacial score (nSPS) is 16.7. The minimum atomic E-state index is -3.69. The van der Waals surface area contributed by atoms with Crippen LogP contribution >= 0.6 is 11.6 Å². The summed E-state index contributed by atoms with van der Waals surface area (Å²) in [6.45, 7) is 3.39. The van der Waals surface area contributed by atoms with Gasteiger partial charge in [0.15, 0.2) is 11.5 Å². The second-order valence-electron chi connectivity index (χ2n) is 7.61. The van der Waals surface area contributed by atoms with Gasteiger partial charge in [0.1, 0.15) is 5.75 Å². The molecule has 2 aliphatic rings. The molecule has 0 atom stereocenters. The van der Waals surface area contributed by atoms with Gasteiger partial charge in [-0.3, -0.25) is 4.79 Å². The lowest BCUT2D eigenvalue weighted by atomic mass is 9.97. The van der Waals surface area contributed by atoms with Gasteiger partial charge in [-0.25, -0.2) is 8.42 Å². The van der Waals surface area contributed by atoms with Gasteiger partial charge in [0, 0.05) is 25.6 Å². The number of halogens is 1. The van der Waals surface area contributed by atoms with Gasteiger partial charge in [-0.1, -0.05) is 17.7 Å². The maximum atomic E-state index is 13.0. The van der Waals surface area contributed by atoms with Crippen molar-refractivity contribution < 1.29 is 27.4 Å². The van der Waals surface area contributed by atoms with Crippen LogP contribution in [-0.4, -0.2) is 45.1 Å². The number of fused-ring (bicyclic) bond motifs is 1. The van der Waals surface area contributed by atoms with Crippen LogP contribution in [0.5, 0.6) is 17.2 Å². The Hall–Kier alpha value is -2.49. The van der Waals surface area contributed by atoms with Gasteiger partial charge in [-0.2, -0.15) is 4.31 Å². The van der Waals surface area contributed by atoms with Crippen molar-refractivity contribution in [3.63, 3.8) is 0 Å². The molecular weight excluding hydrogens is 456 g/mol. The number of rotatable bonds is 7. The van der Waals surface area contributed by atoms with Crippen LogP contribution in [0.3, 0.4) is 0 Å². The van der Waals surface area contributed by atoms with Gasteiger partial charge < -0.3 is 19.5 Å². The summed E-state index contributed by atoms with van der Waals surface area (Å²) in [5.74, 6) is 1.50. The number of amides is 1. The molecule has 0 bridgehead atoms. The zero-order valence-corrected chi connectivity index (χ0v) is 19.2. The molecule has 1 fully saturated rings. The van der Waals surface area contributed by atoms with E-state index >= 15 is 0 Å². The highest BCUT2D eigenvalue weighted by atomic mass is 35.5. The van der Waals surface area contributed by atoms with Crippen molar-refractivity contribution in [1.82, 2.24) is 9.62 Å². The molecule has 4 rings (SSSR count). The van der Waals surface area contributed by atoms with Crippen LogP contribution in [0.15, 0.2) is 41.3 Å². The lowest BCUT2D eigenvalue weighted by Gasteiger charge is -2.30. The van der Waals surface area contributed by atoms with E-state index in [0.29, 0.717) is 43.2 Å². The number of piperidine rings is 1. The highest BCUT2D eigenvalue weighted by Crippen LogP contribution is 2.33. The van der Waals surface area contributed by atoms with Gasteiger partial charge in [0.2, 0.25) is 22.7 Å². The molecule has 1 N–H and O–H groups in total. The van der Waals surface area contributed by atoms with E-state index in [4.69, 9.17) is 25.8 Å². The van der Waals surface area contributed by atoms with E-state index < -0.39 is 10.0 Å². The van der Waals surface area contributed by atoms with Crippen molar-refractivity contribution in [2.75, 3.05) is 26.5 Å². The molecule has 0 aromatic heterocycles. The van der Waals surface area contributed by atoms with Crippen LogP contribution in [0.4, 0.5) is 0 Å². The third-order valence-corrected chi connectivity index (χ3v) is 7.76. The fraction of sp³-hybridized carbons (Fsp3) is 0.409. The average molecular weight is 481 g/mol. The lowest BCUT2D eigenvalue weighted by molar-refractivity contribution is -0.126. The number of hydrogen-bond donors (Lipinski definition) is 1. The van der Waals surface area contributed by atoms with E-state index in [2.05, 4.69) is 5.32 Å². The highest BCUT2D eigenvalue weighted by Gasteiger charge is 2.32. The Balaban J connectivity index is 1.32. The van der Waals surface area contributed by atoms with Crippen LogP contribution in [0.1, 0.15) is 25.3 Å². The van der Waals surface area contributed by atoms with Gasteiger partial charge in [-0.05, 0) is 55.7 Å². The third-order valence-electron chi connectivity index (χ3n) is 5.57. The molecule has 2 aromatic carbocycles. The monoisotopic (exact) mass is 480 g/mol. The number of carbonyl (C=O) groups is 1. The molecule has 0 spiro atoms. The number of hydrogen-bond acceptors (Lipinski definition) is 6. The highest BCUT2D eigenvalue weighted by molar-refractivity contribution is 7.89. The summed E-state index contributed by atoms with van der Waals surface area (Å²) in [6, 6.07) is 10.0. The maximum Gasteiger partial charge on any atom is 0.243 e. The van der Waals surface area contributed by atoms with Gasteiger partial charge in [0.25, 0.3) is 0 Å². The van der Waals surface area contributed by atoms with Crippen LogP contribution < -0.4 is 19.5 Å². The van der Waals surface area contributed by atoms with E-state index in [9.17, 15) is 13.2 Å². The quantitative estimate of drug-likeness (QED) is 0.654. The molecule has 0 unspecified atom stereocenters. The predicted molar refractivity (Wildman–Crippen MR) is 119 cm³/mol. The fourth-order valence-corrected chi connectivity index (χ4v) is 5.60. The number of carbonyl (C=O) groups excluding carboxylic acids is 1. The summed E-state index contributed by atoms with van der Waals surface area (Å²) in [6.07, 6.45) is 0.911. The predicted octanol–water partition coefficient (Wildman–Crippen LogP) is 3.18. The first-order valence-electron chi connectivity index (χ1n) is 10.5. The van der Waals surface area contributed by atoms with E-state index in [-0.39, 0.29) is 41.6 Å². The summed E-state index contributed by atoms with van der Waals surface area (Å²) in [5, 5.41) is 3.19. The number of sulfonamides is 1. The first-order chi connectivity index (χ1) is 15.4. The SMILES string of the molecule is CCOc1ccc(S(=O)(=O)N2CCC(C(=O)NCc3ccc4c(c3)OCO4)CC2)cc1Cl. The second kappa shape index (κ2) is 9.56. The summed E-state index contributed by atoms with van der Waals surface area (Å²) in [4.78, 5) is 12.7. The summed E-state index contributed by atoms with van der Waals surface area (Å²) in [5.41, 5.74) is 0.912. The summed E-state index contributed by atoms with van der Waals surface area (Å²) < 4.78 is 43.4. The lowest BCUT2D eigenvalue weighted by Crippen LogP contribution is -2.42. The van der Waals surface area contributed by atoms with Crippen molar-refractivity contribution in [2.45, 2.75) is 31.2 Å². The van der Waals surface area contributed by atoms with Gasteiger partial charge in [-0.15, -0.1) is 0 Å². The molecule has 8 nitrogen and oxygen atoms in total. The average Bonchev–Trinajstić information content (AvgIpc) is 3.27. The molecule has 1 saturated heterocycles. The van der Waals surface area contributed by atoms with E-state index in [1.54, 1.807) is 6.07 Å². The van der Waals surface area contributed by atoms with Crippen molar-refractivity contribution in [2.24, 2.45) is 5.92 Å². The maximum absolute atomic E-state index is 13.0. The number of ether oxygens (including phenoxy) is 3. The van der Waals surface area contributed by atoms with Crippen LogP contribution in [-0.2, 0) is 21.4 Å². The Morgan fingerprint density at radius 1 is 1.16 bits per heavy atom. The summed E-state index contributed by atoms with van der Waals surface area (Å²) in [7, 11) is -3.69. The molecule has 0 aliphatic carbocycles. The standard InChI is InChI=1S/C22H25ClN2O6S/c1-2-29-19-6-4-17(12-18(19)23)32(27,28)25-9-7-16(8-10-25)22(26)24-13-15-3-5-20-21(11-15)31-14-30-20/h3-6,11-12,16H,2,7-10,13-14H2,1H3,(H,24,26). The molecule has 0 saturated carbocycles. The third kappa shape index (κ3) is 4.79. The molecular formula is C22H25ClN2O6S. The summed E-state index contributed by atoms with van der Waals surface area (Å²) >= 11 is 6.16. The van der Waals surface area contributed by atoms with Crippen molar-refractivity contribution in [1.29, 1.82) is 0 Å². The molecule has 32 heavy (non-hydrogen) atoms. The number of nitrogens with zero attached hydrogens (tertiary/aromatic N) is 1. The molecule has 2 heterocycles. The van der Waals surface area contributed by atoms with Crippen molar-refractivity contribution in [3.8, 4) is 17.2 Å². The molecule has 2 aliphatic heterocycles.